The van der Waals surface area contributed by atoms with Gasteiger partial charge in [-0.1, -0.05) is 11.6 Å². The molecule has 10 heteroatoms. The van der Waals surface area contributed by atoms with Crippen LogP contribution in [0.3, 0.4) is 0 Å². The van der Waals surface area contributed by atoms with Gasteiger partial charge in [0.15, 0.2) is 0 Å². The van der Waals surface area contributed by atoms with Crippen LogP contribution >= 0.6 is 11.6 Å². The van der Waals surface area contributed by atoms with Crippen LogP contribution in [0.2, 0.25) is 5.02 Å². The summed E-state index contributed by atoms with van der Waals surface area (Å²) in [4.78, 5) is 8.14. The standard InChI is InChI=1S/C13H7ClF3N5O/c14-8-3-7(1-2-12(8)23-13(15,16)17)9-4-10(19-6-18-9)11-5-20-22-21-11/h1-4,6H,5H2. The van der Waals surface area contributed by atoms with Gasteiger partial charge >= 0.3 is 6.36 Å². The number of halogens is 4. The van der Waals surface area contributed by atoms with E-state index in [0.717, 1.165) is 6.07 Å². The predicted octanol–water partition coefficient (Wildman–Crippen LogP) is 3.87. The molecule has 0 fully saturated rings. The molecule has 1 aliphatic rings. The van der Waals surface area contributed by atoms with Crippen LogP contribution in [0, 0.1) is 0 Å². The molecule has 0 aliphatic carbocycles. The van der Waals surface area contributed by atoms with Gasteiger partial charge in [0, 0.05) is 5.56 Å². The second-order valence-corrected chi connectivity index (χ2v) is 4.82. The molecule has 0 atom stereocenters. The van der Waals surface area contributed by atoms with Gasteiger partial charge in [-0.2, -0.15) is 5.11 Å². The number of hydrogen-bond donors (Lipinski definition) is 0. The zero-order valence-corrected chi connectivity index (χ0v) is 12.0. The Morgan fingerprint density at radius 3 is 2.52 bits per heavy atom. The minimum Gasteiger partial charge on any atom is -0.404 e. The van der Waals surface area contributed by atoms with Gasteiger partial charge in [0.25, 0.3) is 0 Å². The first-order valence-corrected chi connectivity index (χ1v) is 6.61. The second-order valence-electron chi connectivity index (χ2n) is 4.42. The van der Waals surface area contributed by atoms with Gasteiger partial charge in [-0.3, -0.25) is 0 Å². The van der Waals surface area contributed by atoms with Gasteiger partial charge in [0.1, 0.15) is 24.3 Å². The molecule has 1 aliphatic heterocycles. The summed E-state index contributed by atoms with van der Waals surface area (Å²) in [5.74, 6) is -0.477. The third-order valence-corrected chi connectivity index (χ3v) is 3.16. The van der Waals surface area contributed by atoms with Gasteiger partial charge in [0.2, 0.25) is 0 Å². The van der Waals surface area contributed by atoms with Crippen LogP contribution in [0.25, 0.3) is 11.3 Å². The van der Waals surface area contributed by atoms with E-state index in [1.54, 1.807) is 6.07 Å². The van der Waals surface area contributed by atoms with Gasteiger partial charge in [-0.25, -0.2) is 9.97 Å². The van der Waals surface area contributed by atoms with Crippen molar-refractivity contribution in [3.05, 3.63) is 41.3 Å². The maximum Gasteiger partial charge on any atom is 0.573 e. The summed E-state index contributed by atoms with van der Waals surface area (Å²) in [6.07, 6.45) is -3.49. The van der Waals surface area contributed by atoms with E-state index in [4.69, 9.17) is 11.6 Å². The van der Waals surface area contributed by atoms with Crippen molar-refractivity contribution < 1.29 is 17.9 Å². The van der Waals surface area contributed by atoms with E-state index < -0.39 is 12.1 Å². The first kappa shape index (κ1) is 15.3. The lowest BCUT2D eigenvalue weighted by Crippen LogP contribution is -2.17. The van der Waals surface area contributed by atoms with E-state index in [2.05, 4.69) is 30.1 Å². The van der Waals surface area contributed by atoms with Gasteiger partial charge in [0.05, 0.1) is 16.4 Å². The summed E-state index contributed by atoms with van der Waals surface area (Å²) in [5, 5.41) is 10.9. The number of alkyl halides is 3. The zero-order chi connectivity index (χ0) is 16.4. The third-order valence-electron chi connectivity index (χ3n) is 2.87. The lowest BCUT2D eigenvalue weighted by molar-refractivity contribution is -0.274. The van der Waals surface area contributed by atoms with E-state index in [1.807, 2.05) is 0 Å². The number of ether oxygens (including phenoxy) is 1. The molecule has 6 nitrogen and oxygen atoms in total. The Labute approximate surface area is 132 Å². The quantitative estimate of drug-likeness (QED) is 0.850. The highest BCUT2D eigenvalue weighted by Crippen LogP contribution is 2.33. The fourth-order valence-electron chi connectivity index (χ4n) is 1.89. The average Bonchev–Trinajstić information content (AvgIpc) is 3.02. The summed E-state index contributed by atoms with van der Waals surface area (Å²) < 4.78 is 40.5. The SMILES string of the molecule is FC(F)(F)Oc1ccc(-c2cc(C3=NN=NC3)ncn2)cc1Cl. The molecule has 1 aromatic heterocycles. The van der Waals surface area contributed by atoms with Gasteiger partial charge in [-0.05, 0) is 29.5 Å². The summed E-state index contributed by atoms with van der Waals surface area (Å²) in [6, 6.07) is 5.51. The summed E-state index contributed by atoms with van der Waals surface area (Å²) in [7, 11) is 0. The summed E-state index contributed by atoms with van der Waals surface area (Å²) >= 11 is 5.83. The predicted molar refractivity (Wildman–Crippen MR) is 75.4 cm³/mol. The van der Waals surface area contributed by atoms with Crippen LogP contribution in [0.1, 0.15) is 5.69 Å². The largest absolute Gasteiger partial charge is 0.573 e. The molecular weight excluding hydrogens is 335 g/mol. The smallest absolute Gasteiger partial charge is 0.404 e. The molecule has 3 rings (SSSR count). The van der Waals surface area contributed by atoms with Crippen LogP contribution in [-0.2, 0) is 0 Å². The Morgan fingerprint density at radius 2 is 1.87 bits per heavy atom. The fraction of sp³-hybridized carbons (Fsp3) is 0.154. The van der Waals surface area contributed by atoms with Crippen molar-refractivity contribution >= 4 is 17.3 Å². The molecule has 0 saturated heterocycles. The van der Waals surface area contributed by atoms with Crippen LogP contribution in [0.5, 0.6) is 5.75 Å². The third kappa shape index (κ3) is 3.62. The normalized spacial score (nSPS) is 14.0. The van der Waals surface area contributed by atoms with Crippen LogP contribution in [0.15, 0.2) is 46.0 Å². The molecule has 0 unspecified atom stereocenters. The molecule has 1 aromatic carbocycles. The molecule has 0 bridgehead atoms. The maximum absolute atomic E-state index is 12.2. The highest BCUT2D eigenvalue weighted by atomic mass is 35.5. The van der Waals surface area contributed by atoms with E-state index in [-0.39, 0.29) is 5.02 Å². The van der Waals surface area contributed by atoms with Gasteiger partial charge in [-0.15, -0.1) is 18.3 Å². The number of benzene rings is 1. The molecule has 2 aromatic rings. The van der Waals surface area contributed by atoms with Crippen molar-refractivity contribution in [2.75, 3.05) is 6.54 Å². The monoisotopic (exact) mass is 341 g/mol. The number of rotatable bonds is 3. The molecule has 0 amide bonds. The molecule has 2 heterocycles. The molecule has 23 heavy (non-hydrogen) atoms. The summed E-state index contributed by atoms with van der Waals surface area (Å²) in [6.45, 7) is 0.315. The van der Waals surface area contributed by atoms with Crippen molar-refractivity contribution in [3.8, 4) is 17.0 Å². The van der Waals surface area contributed by atoms with Gasteiger partial charge < -0.3 is 4.74 Å². The van der Waals surface area contributed by atoms with Crippen molar-refractivity contribution in [3.63, 3.8) is 0 Å². The van der Waals surface area contributed by atoms with E-state index in [1.165, 1.54) is 18.5 Å². The lowest BCUT2D eigenvalue weighted by Gasteiger charge is -2.11. The zero-order valence-electron chi connectivity index (χ0n) is 11.3. The van der Waals surface area contributed by atoms with E-state index in [9.17, 15) is 13.2 Å². The van der Waals surface area contributed by atoms with Crippen LogP contribution in [0.4, 0.5) is 13.2 Å². The Morgan fingerprint density at radius 1 is 1.09 bits per heavy atom. The van der Waals surface area contributed by atoms with Crippen molar-refractivity contribution in [1.82, 2.24) is 9.97 Å². The number of nitrogens with zero attached hydrogens (tertiary/aromatic N) is 5. The fourth-order valence-corrected chi connectivity index (χ4v) is 2.11. The first-order valence-electron chi connectivity index (χ1n) is 6.24. The topological polar surface area (TPSA) is 72.1 Å². The first-order chi connectivity index (χ1) is 10.9. The van der Waals surface area contributed by atoms with E-state index >= 15 is 0 Å². The molecule has 0 N–H and O–H groups in total. The number of hydrogen-bond acceptors (Lipinski definition) is 6. The highest BCUT2D eigenvalue weighted by Gasteiger charge is 2.32. The van der Waals surface area contributed by atoms with Crippen molar-refractivity contribution in [2.24, 2.45) is 15.4 Å². The maximum atomic E-state index is 12.2. The van der Waals surface area contributed by atoms with Crippen molar-refractivity contribution in [1.29, 1.82) is 0 Å². The summed E-state index contributed by atoms with van der Waals surface area (Å²) in [5.41, 5.74) is 2.11. The molecule has 0 saturated carbocycles. The Hall–Kier alpha value is -2.55. The Bertz CT molecular complexity index is 806. The number of aromatic nitrogens is 2. The second kappa shape index (κ2) is 5.92. The molecular formula is C13H7ClF3N5O. The Kier molecular flexibility index (Phi) is 3.95. The molecule has 0 spiro atoms. The van der Waals surface area contributed by atoms with Crippen LogP contribution < -0.4 is 4.74 Å². The Balaban J connectivity index is 1.90. The lowest BCUT2D eigenvalue weighted by atomic mass is 10.1. The van der Waals surface area contributed by atoms with E-state index in [0.29, 0.717) is 29.2 Å². The minimum absolute atomic E-state index is 0.178. The van der Waals surface area contributed by atoms with Crippen LogP contribution in [-0.4, -0.2) is 28.6 Å². The molecule has 118 valence electrons. The highest BCUT2D eigenvalue weighted by molar-refractivity contribution is 6.32. The van der Waals surface area contributed by atoms with Crippen molar-refractivity contribution in [2.45, 2.75) is 6.36 Å². The molecule has 0 radical (unpaired) electrons. The average molecular weight is 342 g/mol. The minimum atomic E-state index is -4.80.